The van der Waals surface area contributed by atoms with E-state index in [-0.39, 0.29) is 0 Å². The van der Waals surface area contributed by atoms with Crippen molar-refractivity contribution in [2.45, 2.75) is 31.8 Å². The van der Waals surface area contributed by atoms with E-state index < -0.39 is 0 Å². The van der Waals surface area contributed by atoms with E-state index in [0.717, 1.165) is 58.0 Å². The SMILES string of the molecule is CCCNC1c2ccccc2OCC1N1CCCOCC1. The first-order valence-corrected chi connectivity index (χ1v) is 8.17. The lowest BCUT2D eigenvalue weighted by atomic mass is 9.94. The number of nitrogens with one attached hydrogen (secondary N) is 1. The third-order valence-corrected chi connectivity index (χ3v) is 4.39. The van der Waals surface area contributed by atoms with Gasteiger partial charge in [-0.25, -0.2) is 0 Å². The van der Waals surface area contributed by atoms with Crippen molar-refractivity contribution in [2.75, 3.05) is 39.5 Å². The van der Waals surface area contributed by atoms with Gasteiger partial charge < -0.3 is 14.8 Å². The number of hydrogen-bond acceptors (Lipinski definition) is 4. The summed E-state index contributed by atoms with van der Waals surface area (Å²) >= 11 is 0. The Balaban J connectivity index is 1.81. The Hall–Kier alpha value is -1.10. The lowest BCUT2D eigenvalue weighted by Crippen LogP contribution is -2.51. The summed E-state index contributed by atoms with van der Waals surface area (Å²) in [7, 11) is 0. The first-order valence-electron chi connectivity index (χ1n) is 8.17. The molecule has 2 heterocycles. The van der Waals surface area contributed by atoms with Crippen LogP contribution in [0.15, 0.2) is 24.3 Å². The quantitative estimate of drug-likeness (QED) is 0.922. The normalized spacial score (nSPS) is 26.7. The fraction of sp³-hybridized carbons (Fsp3) is 0.647. The number of nitrogens with zero attached hydrogens (tertiary/aromatic N) is 1. The zero-order valence-electron chi connectivity index (χ0n) is 12.9. The number of fused-ring (bicyclic) bond motifs is 1. The van der Waals surface area contributed by atoms with Gasteiger partial charge in [0.2, 0.25) is 0 Å². The van der Waals surface area contributed by atoms with Crippen LogP contribution in [0.2, 0.25) is 0 Å². The van der Waals surface area contributed by atoms with E-state index in [2.05, 4.69) is 41.4 Å². The molecule has 2 aliphatic rings. The molecule has 1 saturated heterocycles. The molecule has 2 unspecified atom stereocenters. The Labute approximate surface area is 127 Å². The Bertz CT molecular complexity index is 444. The molecule has 2 aliphatic heterocycles. The van der Waals surface area contributed by atoms with Crippen LogP contribution >= 0.6 is 0 Å². The Morgan fingerprint density at radius 3 is 3.05 bits per heavy atom. The molecule has 4 heteroatoms. The zero-order valence-corrected chi connectivity index (χ0v) is 12.9. The Morgan fingerprint density at radius 1 is 1.24 bits per heavy atom. The van der Waals surface area contributed by atoms with Crippen LogP contribution in [0.3, 0.4) is 0 Å². The summed E-state index contributed by atoms with van der Waals surface area (Å²) < 4.78 is 11.6. The largest absolute Gasteiger partial charge is 0.492 e. The molecule has 1 aromatic carbocycles. The summed E-state index contributed by atoms with van der Waals surface area (Å²) in [4.78, 5) is 2.54. The molecule has 1 N–H and O–H groups in total. The molecular formula is C17H26N2O2. The van der Waals surface area contributed by atoms with Crippen LogP contribution in [-0.2, 0) is 4.74 Å². The predicted molar refractivity (Wildman–Crippen MR) is 83.8 cm³/mol. The molecule has 4 nitrogen and oxygen atoms in total. The summed E-state index contributed by atoms with van der Waals surface area (Å²) in [6, 6.07) is 9.19. The second kappa shape index (κ2) is 7.25. The predicted octanol–water partition coefficient (Wildman–Crippen LogP) is 2.21. The van der Waals surface area contributed by atoms with Crippen LogP contribution in [0.4, 0.5) is 0 Å². The third-order valence-electron chi connectivity index (χ3n) is 4.39. The maximum atomic E-state index is 6.02. The molecular weight excluding hydrogens is 264 g/mol. The van der Waals surface area contributed by atoms with Gasteiger partial charge in [0.1, 0.15) is 12.4 Å². The smallest absolute Gasteiger partial charge is 0.124 e. The first-order chi connectivity index (χ1) is 10.4. The molecule has 21 heavy (non-hydrogen) atoms. The maximum absolute atomic E-state index is 6.02. The van der Waals surface area contributed by atoms with Gasteiger partial charge in [0.25, 0.3) is 0 Å². The molecule has 1 fully saturated rings. The average Bonchev–Trinajstić information content (AvgIpc) is 2.81. The van der Waals surface area contributed by atoms with Gasteiger partial charge in [0, 0.05) is 25.3 Å². The molecule has 0 radical (unpaired) electrons. The minimum absolute atomic E-state index is 0.355. The van der Waals surface area contributed by atoms with E-state index in [1.165, 1.54) is 5.56 Å². The van der Waals surface area contributed by atoms with Crippen LogP contribution in [0.1, 0.15) is 31.4 Å². The molecule has 0 amide bonds. The van der Waals surface area contributed by atoms with Gasteiger partial charge in [-0.15, -0.1) is 0 Å². The van der Waals surface area contributed by atoms with Gasteiger partial charge >= 0.3 is 0 Å². The average molecular weight is 290 g/mol. The van der Waals surface area contributed by atoms with Crippen molar-refractivity contribution in [3.8, 4) is 5.75 Å². The van der Waals surface area contributed by atoms with E-state index >= 15 is 0 Å². The molecule has 2 atom stereocenters. The highest BCUT2D eigenvalue weighted by molar-refractivity contribution is 5.38. The maximum Gasteiger partial charge on any atom is 0.124 e. The van der Waals surface area contributed by atoms with E-state index in [4.69, 9.17) is 9.47 Å². The fourth-order valence-electron chi connectivity index (χ4n) is 3.31. The first kappa shape index (κ1) is 14.8. The summed E-state index contributed by atoms with van der Waals surface area (Å²) in [6.07, 6.45) is 2.26. The molecule has 1 aromatic rings. The van der Waals surface area contributed by atoms with Gasteiger partial charge in [-0.1, -0.05) is 25.1 Å². The Kier molecular flexibility index (Phi) is 5.12. The number of para-hydroxylation sites is 1. The minimum Gasteiger partial charge on any atom is -0.492 e. The molecule has 0 spiro atoms. The number of benzene rings is 1. The summed E-state index contributed by atoms with van der Waals surface area (Å²) in [5, 5.41) is 3.73. The molecule has 0 bridgehead atoms. The topological polar surface area (TPSA) is 33.7 Å². The molecule has 0 aliphatic carbocycles. The monoisotopic (exact) mass is 290 g/mol. The van der Waals surface area contributed by atoms with E-state index in [1.807, 2.05) is 0 Å². The van der Waals surface area contributed by atoms with Crippen molar-refractivity contribution >= 4 is 0 Å². The van der Waals surface area contributed by atoms with Gasteiger partial charge in [-0.3, -0.25) is 4.90 Å². The second-order valence-electron chi connectivity index (χ2n) is 5.85. The number of ether oxygens (including phenoxy) is 2. The summed E-state index contributed by atoms with van der Waals surface area (Å²) in [6.45, 7) is 7.83. The van der Waals surface area contributed by atoms with Gasteiger partial charge in [0.15, 0.2) is 0 Å². The van der Waals surface area contributed by atoms with Gasteiger partial charge in [0.05, 0.1) is 18.7 Å². The number of hydrogen-bond donors (Lipinski definition) is 1. The zero-order chi connectivity index (χ0) is 14.5. The Morgan fingerprint density at radius 2 is 2.14 bits per heavy atom. The highest BCUT2D eigenvalue weighted by atomic mass is 16.5. The second-order valence-corrected chi connectivity index (χ2v) is 5.85. The van der Waals surface area contributed by atoms with Crippen molar-refractivity contribution in [3.63, 3.8) is 0 Å². The molecule has 0 saturated carbocycles. The van der Waals surface area contributed by atoms with E-state index in [0.29, 0.717) is 12.1 Å². The lowest BCUT2D eigenvalue weighted by molar-refractivity contribution is 0.0783. The molecule has 0 aromatic heterocycles. The van der Waals surface area contributed by atoms with Crippen molar-refractivity contribution in [1.29, 1.82) is 0 Å². The van der Waals surface area contributed by atoms with E-state index in [9.17, 15) is 0 Å². The van der Waals surface area contributed by atoms with Crippen molar-refractivity contribution in [3.05, 3.63) is 29.8 Å². The standard InChI is InChI=1S/C17H26N2O2/c1-2-8-18-17-14-6-3-4-7-16(14)21-13-15(17)19-9-5-11-20-12-10-19/h3-4,6-7,15,17-18H,2,5,8-13H2,1H3. The van der Waals surface area contributed by atoms with E-state index in [1.54, 1.807) is 0 Å². The van der Waals surface area contributed by atoms with Crippen LogP contribution in [-0.4, -0.2) is 50.4 Å². The van der Waals surface area contributed by atoms with Crippen LogP contribution in [0, 0.1) is 0 Å². The summed E-state index contributed by atoms with van der Waals surface area (Å²) in [5.41, 5.74) is 1.30. The third kappa shape index (κ3) is 3.39. The van der Waals surface area contributed by atoms with Crippen molar-refractivity contribution in [2.24, 2.45) is 0 Å². The molecule has 3 rings (SSSR count). The minimum atomic E-state index is 0.355. The number of rotatable bonds is 4. The van der Waals surface area contributed by atoms with Crippen LogP contribution < -0.4 is 10.1 Å². The van der Waals surface area contributed by atoms with Crippen molar-refractivity contribution in [1.82, 2.24) is 10.2 Å². The van der Waals surface area contributed by atoms with Crippen LogP contribution in [0.5, 0.6) is 5.75 Å². The van der Waals surface area contributed by atoms with Crippen molar-refractivity contribution < 1.29 is 9.47 Å². The lowest BCUT2D eigenvalue weighted by Gasteiger charge is -2.40. The van der Waals surface area contributed by atoms with Gasteiger partial charge in [-0.2, -0.15) is 0 Å². The fourth-order valence-corrected chi connectivity index (χ4v) is 3.31. The summed E-state index contributed by atoms with van der Waals surface area (Å²) in [5.74, 6) is 1.04. The van der Waals surface area contributed by atoms with Gasteiger partial charge in [-0.05, 0) is 25.5 Å². The van der Waals surface area contributed by atoms with Crippen LogP contribution in [0.25, 0.3) is 0 Å². The highest BCUT2D eigenvalue weighted by Crippen LogP contribution is 2.34. The molecule has 116 valence electrons. The highest BCUT2D eigenvalue weighted by Gasteiger charge is 2.34.